The summed E-state index contributed by atoms with van der Waals surface area (Å²) in [6.45, 7) is 3.21. The Balaban J connectivity index is 1.15. The zero-order valence-corrected chi connectivity index (χ0v) is 22.1. The Morgan fingerprint density at radius 3 is 2.45 bits per heavy atom. The minimum absolute atomic E-state index is 0.133. The van der Waals surface area contributed by atoms with Gasteiger partial charge in [-0.15, -0.1) is 0 Å². The van der Waals surface area contributed by atoms with Crippen molar-refractivity contribution in [2.24, 2.45) is 0 Å². The standard InChI is InChI=1S/C28H26ClFN6OS/c29-25-16-26(36-14-12-35(13-15-36)24-6-2-1-5-23(24)30)34-28(33-25)38-19-20-7-9-22(10-8-20)27(37)32-18-21-4-3-11-31-17-21/h1-11,16-17H,12-15,18-19H2,(H,32,37). The van der Waals surface area contributed by atoms with Crippen LogP contribution in [0.4, 0.5) is 15.9 Å². The predicted molar refractivity (Wildman–Crippen MR) is 149 cm³/mol. The second kappa shape index (κ2) is 12.2. The molecule has 2 aromatic heterocycles. The highest BCUT2D eigenvalue weighted by Crippen LogP contribution is 2.27. The highest BCUT2D eigenvalue weighted by molar-refractivity contribution is 7.98. The van der Waals surface area contributed by atoms with Gasteiger partial charge in [0.25, 0.3) is 5.91 Å². The summed E-state index contributed by atoms with van der Waals surface area (Å²) in [5.74, 6) is 1.06. The van der Waals surface area contributed by atoms with Crippen LogP contribution in [0, 0.1) is 5.82 Å². The van der Waals surface area contributed by atoms with Gasteiger partial charge in [-0.25, -0.2) is 14.4 Å². The Bertz CT molecular complexity index is 1380. The first-order valence-electron chi connectivity index (χ1n) is 12.2. The molecule has 0 aliphatic carbocycles. The lowest BCUT2D eigenvalue weighted by molar-refractivity contribution is 0.0951. The van der Waals surface area contributed by atoms with Gasteiger partial charge in [0.15, 0.2) is 5.16 Å². The zero-order chi connectivity index (χ0) is 26.3. The summed E-state index contributed by atoms with van der Waals surface area (Å²) < 4.78 is 14.2. The third-order valence-corrected chi connectivity index (χ3v) is 7.33. The Labute approximate surface area is 230 Å². The number of halogens is 2. The van der Waals surface area contributed by atoms with Crippen molar-refractivity contribution in [2.75, 3.05) is 36.0 Å². The second-order valence-electron chi connectivity index (χ2n) is 8.79. The fourth-order valence-electron chi connectivity index (χ4n) is 4.18. The van der Waals surface area contributed by atoms with Crippen LogP contribution in [0.15, 0.2) is 84.3 Å². The van der Waals surface area contributed by atoms with Crippen LogP contribution in [-0.2, 0) is 12.3 Å². The van der Waals surface area contributed by atoms with Gasteiger partial charge in [-0.05, 0) is 41.5 Å². The number of piperazine rings is 1. The first-order chi connectivity index (χ1) is 18.5. The predicted octanol–water partition coefficient (Wildman–Crippen LogP) is 5.21. The van der Waals surface area contributed by atoms with Crippen LogP contribution in [0.3, 0.4) is 0 Å². The van der Waals surface area contributed by atoms with Gasteiger partial charge in [-0.2, -0.15) is 0 Å². The minimum atomic E-state index is -0.205. The van der Waals surface area contributed by atoms with Gasteiger partial charge < -0.3 is 15.1 Å². The van der Waals surface area contributed by atoms with E-state index in [4.69, 9.17) is 16.6 Å². The fourth-order valence-corrected chi connectivity index (χ4v) is 5.22. The van der Waals surface area contributed by atoms with Crippen LogP contribution in [0.1, 0.15) is 21.5 Å². The maximum Gasteiger partial charge on any atom is 0.251 e. The van der Waals surface area contributed by atoms with Gasteiger partial charge in [0.05, 0.1) is 5.69 Å². The lowest BCUT2D eigenvalue weighted by Crippen LogP contribution is -2.47. The van der Waals surface area contributed by atoms with Gasteiger partial charge in [0.2, 0.25) is 0 Å². The van der Waals surface area contributed by atoms with Crippen LogP contribution < -0.4 is 15.1 Å². The molecule has 5 rings (SSSR count). The van der Waals surface area contributed by atoms with E-state index in [1.807, 2.05) is 53.4 Å². The van der Waals surface area contributed by atoms with E-state index < -0.39 is 0 Å². The maximum atomic E-state index is 14.2. The van der Waals surface area contributed by atoms with Crippen molar-refractivity contribution in [3.05, 3.63) is 107 Å². The Hall–Kier alpha value is -3.69. The van der Waals surface area contributed by atoms with Crippen LogP contribution in [-0.4, -0.2) is 47.0 Å². The first-order valence-corrected chi connectivity index (χ1v) is 13.6. The molecule has 0 spiro atoms. The molecule has 0 unspecified atom stereocenters. The van der Waals surface area contributed by atoms with Crippen molar-refractivity contribution in [1.82, 2.24) is 20.3 Å². The number of hydrogen-bond donors (Lipinski definition) is 1. The number of para-hydroxylation sites is 1. The molecule has 7 nitrogen and oxygen atoms in total. The zero-order valence-electron chi connectivity index (χ0n) is 20.6. The summed E-state index contributed by atoms with van der Waals surface area (Å²) in [5.41, 5.74) is 3.21. The number of pyridine rings is 1. The Morgan fingerprint density at radius 2 is 1.71 bits per heavy atom. The topological polar surface area (TPSA) is 74.2 Å². The van der Waals surface area contributed by atoms with E-state index in [1.54, 1.807) is 24.5 Å². The number of amides is 1. The highest BCUT2D eigenvalue weighted by atomic mass is 35.5. The van der Waals surface area contributed by atoms with Crippen LogP contribution >= 0.6 is 23.4 Å². The lowest BCUT2D eigenvalue weighted by atomic mass is 10.1. The molecule has 0 atom stereocenters. The van der Waals surface area contributed by atoms with Gasteiger partial charge in [-0.3, -0.25) is 9.78 Å². The molecule has 0 bridgehead atoms. The molecule has 194 valence electrons. The number of benzene rings is 2. The lowest BCUT2D eigenvalue weighted by Gasteiger charge is -2.36. The van der Waals surface area contributed by atoms with Crippen molar-refractivity contribution >= 4 is 40.8 Å². The molecule has 1 aliphatic heterocycles. The third-order valence-electron chi connectivity index (χ3n) is 6.22. The van der Waals surface area contributed by atoms with E-state index in [2.05, 4.69) is 20.2 Å². The average molecular weight is 549 g/mol. The van der Waals surface area contributed by atoms with Crippen LogP contribution in [0.5, 0.6) is 0 Å². The highest BCUT2D eigenvalue weighted by Gasteiger charge is 2.21. The number of nitrogens with zero attached hydrogens (tertiary/aromatic N) is 5. The van der Waals surface area contributed by atoms with Gasteiger partial charge in [0, 0.05) is 62.5 Å². The van der Waals surface area contributed by atoms with E-state index >= 15 is 0 Å². The second-order valence-corrected chi connectivity index (χ2v) is 10.1. The van der Waals surface area contributed by atoms with E-state index in [0.717, 1.165) is 16.9 Å². The molecule has 0 radical (unpaired) electrons. The Morgan fingerprint density at radius 1 is 0.947 bits per heavy atom. The number of thioether (sulfide) groups is 1. The SMILES string of the molecule is O=C(NCc1cccnc1)c1ccc(CSc2nc(Cl)cc(N3CCN(c4ccccc4F)CC3)n2)cc1. The molecule has 4 aromatic rings. The number of carbonyl (C=O) groups excluding carboxylic acids is 1. The molecule has 1 aliphatic rings. The first kappa shape index (κ1) is 25.9. The maximum absolute atomic E-state index is 14.2. The van der Waals surface area contributed by atoms with Gasteiger partial charge in [0.1, 0.15) is 16.8 Å². The largest absolute Gasteiger partial charge is 0.366 e. The summed E-state index contributed by atoms with van der Waals surface area (Å²) in [6, 6.07) is 19.9. The van der Waals surface area contributed by atoms with Gasteiger partial charge in [-0.1, -0.05) is 53.7 Å². The molecule has 1 N–H and O–H groups in total. The van der Waals surface area contributed by atoms with Crippen molar-refractivity contribution in [2.45, 2.75) is 17.5 Å². The van der Waals surface area contributed by atoms with E-state index in [9.17, 15) is 9.18 Å². The molecule has 1 saturated heterocycles. The van der Waals surface area contributed by atoms with E-state index in [0.29, 0.717) is 60.0 Å². The fraction of sp³-hybridized carbons (Fsp3) is 0.214. The van der Waals surface area contributed by atoms with Crippen molar-refractivity contribution in [3.8, 4) is 0 Å². The molecule has 3 heterocycles. The number of rotatable bonds is 8. The van der Waals surface area contributed by atoms with E-state index in [-0.39, 0.29) is 11.7 Å². The summed E-state index contributed by atoms with van der Waals surface area (Å²) in [5, 5.41) is 3.88. The number of hydrogen-bond acceptors (Lipinski definition) is 7. The smallest absolute Gasteiger partial charge is 0.251 e. The van der Waals surface area contributed by atoms with Crippen LogP contribution in [0.25, 0.3) is 0 Å². The quantitative estimate of drug-likeness (QED) is 0.184. The summed E-state index contributed by atoms with van der Waals surface area (Å²) in [6.07, 6.45) is 3.43. The average Bonchev–Trinajstić information content (AvgIpc) is 2.96. The molecule has 10 heteroatoms. The molecule has 2 aromatic carbocycles. The minimum Gasteiger partial charge on any atom is -0.366 e. The molecule has 1 amide bonds. The van der Waals surface area contributed by atoms with Crippen molar-refractivity contribution in [3.63, 3.8) is 0 Å². The summed E-state index contributed by atoms with van der Waals surface area (Å²) in [4.78, 5) is 29.8. The normalized spacial score (nSPS) is 13.4. The van der Waals surface area contributed by atoms with Crippen LogP contribution in [0.2, 0.25) is 5.15 Å². The third kappa shape index (κ3) is 6.59. The number of anilines is 2. The summed E-state index contributed by atoms with van der Waals surface area (Å²) in [7, 11) is 0. The Kier molecular flexibility index (Phi) is 8.35. The molecule has 0 saturated carbocycles. The van der Waals surface area contributed by atoms with E-state index in [1.165, 1.54) is 17.8 Å². The number of nitrogens with one attached hydrogen (secondary N) is 1. The van der Waals surface area contributed by atoms with Gasteiger partial charge >= 0.3 is 0 Å². The number of carbonyl (C=O) groups is 1. The number of aromatic nitrogens is 3. The monoisotopic (exact) mass is 548 g/mol. The van der Waals surface area contributed by atoms with Crippen molar-refractivity contribution < 1.29 is 9.18 Å². The molecular weight excluding hydrogens is 523 g/mol. The van der Waals surface area contributed by atoms with Crippen molar-refractivity contribution in [1.29, 1.82) is 0 Å². The molecular formula is C28H26ClFN6OS. The molecule has 38 heavy (non-hydrogen) atoms. The summed E-state index contributed by atoms with van der Waals surface area (Å²) >= 11 is 7.81. The molecule has 1 fully saturated rings.